The van der Waals surface area contributed by atoms with E-state index in [0.29, 0.717) is 30.8 Å². The minimum atomic E-state index is -2.66. The van der Waals surface area contributed by atoms with E-state index < -0.39 is 92.2 Å². The van der Waals surface area contributed by atoms with Crippen LogP contribution in [0.2, 0.25) is 0 Å². The molecule has 0 spiro atoms. The van der Waals surface area contributed by atoms with Gasteiger partial charge in [-0.3, -0.25) is 19.1 Å². The number of thioether (sulfide) groups is 1. The number of fused-ring (bicyclic) bond motifs is 5. The monoisotopic (exact) mass is 879 g/mol. The molecule has 2 fully saturated rings. The van der Waals surface area contributed by atoms with Gasteiger partial charge in [0, 0.05) is 44.5 Å². The molecule has 3 amide bonds. The molecule has 1 saturated heterocycles. The van der Waals surface area contributed by atoms with Gasteiger partial charge in [-0.2, -0.15) is 0 Å². The highest BCUT2D eigenvalue weighted by Gasteiger charge is 2.64. The molecule has 1 saturated carbocycles. The molecule has 2 aromatic heterocycles. The van der Waals surface area contributed by atoms with Crippen molar-refractivity contribution < 1.29 is 58.6 Å². The molecule has 0 unspecified atom stereocenters. The van der Waals surface area contributed by atoms with Crippen molar-refractivity contribution in [2.24, 2.45) is 5.92 Å². The summed E-state index contributed by atoms with van der Waals surface area (Å²) in [6.45, 7) is 0.464. The van der Waals surface area contributed by atoms with Crippen LogP contribution in [0.5, 0.6) is 0 Å². The quantitative estimate of drug-likeness (QED) is 0.0598. The highest BCUT2D eigenvalue weighted by molar-refractivity contribution is 9.10. The maximum Gasteiger partial charge on any atom is 0.268 e. The maximum atomic E-state index is 14.8. The van der Waals surface area contributed by atoms with Crippen LogP contribution >= 0.6 is 27.7 Å². The number of aryl methyl sites for hydroxylation is 1. The molecule has 22 heteroatoms. The number of nitrogens with zero attached hydrogens (tertiary/aromatic N) is 5. The van der Waals surface area contributed by atoms with E-state index in [1.54, 1.807) is 30.3 Å². The van der Waals surface area contributed by atoms with E-state index in [4.69, 9.17) is 4.74 Å². The Morgan fingerprint density at radius 2 is 1.59 bits per heavy atom. The third-order valence-corrected chi connectivity index (χ3v) is 11.9. The van der Waals surface area contributed by atoms with Crippen LogP contribution in [-0.2, 0) is 27.4 Å². The first kappa shape index (κ1) is 39.7. The van der Waals surface area contributed by atoms with E-state index in [9.17, 15) is 53.9 Å². The first-order valence-electron chi connectivity index (χ1n) is 16.8. The lowest BCUT2D eigenvalue weighted by Gasteiger charge is -2.36. The zero-order valence-electron chi connectivity index (χ0n) is 28.7. The van der Waals surface area contributed by atoms with Crippen LogP contribution in [0.4, 0.5) is 39.5 Å². The molecule has 2 aliphatic heterocycles. The molecule has 56 heavy (non-hydrogen) atoms. The lowest BCUT2D eigenvalue weighted by atomic mass is 9.95. The third-order valence-electron chi connectivity index (χ3n) is 10.2. The molecule has 4 atom stereocenters. The molecule has 11 nitrogen and oxygen atoms in total. The summed E-state index contributed by atoms with van der Waals surface area (Å²) < 4.78 is 139. The molecule has 7 rings (SSSR count). The van der Waals surface area contributed by atoms with Crippen molar-refractivity contribution in [2.45, 2.75) is 61.5 Å². The zero-order valence-corrected chi connectivity index (χ0v) is 31.1. The Kier molecular flexibility index (Phi) is 10.7. The van der Waals surface area contributed by atoms with Crippen molar-refractivity contribution in [1.82, 2.24) is 35.1 Å². The van der Waals surface area contributed by atoms with Crippen molar-refractivity contribution >= 4 is 45.4 Å². The molecular weight excluding hydrogens is 853 g/mol. The van der Waals surface area contributed by atoms with E-state index in [1.807, 2.05) is 4.57 Å². The molecule has 0 bridgehead atoms. The van der Waals surface area contributed by atoms with Gasteiger partial charge in [-0.1, -0.05) is 5.21 Å². The Morgan fingerprint density at radius 3 is 2.25 bits per heavy atom. The number of likely N-dealkylation sites (tertiary alicyclic amines) is 1. The number of amides is 3. The molecule has 2 N–H and O–H groups in total. The highest BCUT2D eigenvalue weighted by atomic mass is 79.9. The molecule has 1 aliphatic carbocycles. The Morgan fingerprint density at radius 1 is 0.964 bits per heavy atom. The Balaban J connectivity index is 0.904. The minimum absolute atomic E-state index is 0.0887. The molecular formula is C34H27BrF9N7O4S. The van der Waals surface area contributed by atoms with E-state index in [2.05, 4.69) is 36.9 Å². The largest absolute Gasteiger partial charge is 0.355 e. The van der Waals surface area contributed by atoms with Crippen molar-refractivity contribution in [2.75, 3.05) is 19.4 Å². The fourth-order valence-corrected chi connectivity index (χ4v) is 9.04. The average Bonchev–Trinajstić information content (AvgIpc) is 3.93. The number of rotatable bonds is 12. The number of benzene rings is 2. The summed E-state index contributed by atoms with van der Waals surface area (Å²) in [5.74, 6) is -24.1. The fraction of sp³-hybridized carbons (Fsp3) is 0.382. The first-order valence-corrected chi connectivity index (χ1v) is 18.6. The second-order valence-electron chi connectivity index (χ2n) is 13.2. The van der Waals surface area contributed by atoms with Crippen LogP contribution in [0.1, 0.15) is 47.9 Å². The second kappa shape index (κ2) is 15.1. The number of hydrogen-bond acceptors (Lipinski definition) is 7. The van der Waals surface area contributed by atoms with Gasteiger partial charge in [0.15, 0.2) is 46.5 Å². The SMILES string of the molecule is CN1C(=O)C[C@H]2[C@@H]3NC(=O)c4ccc(Br)n4[C@@H]3C[C@]21OCCCn1cc(CNC(=O)CCSc2c(F)c(F)c(-c3c(F)c(F)c(F)c(F)c3F)c(F)c2F)nn1. The third kappa shape index (κ3) is 6.51. The number of carbonyl (C=O) groups excluding carboxylic acids is 3. The number of ether oxygens (including phenoxy) is 1. The lowest BCUT2D eigenvalue weighted by Crippen LogP contribution is -2.51. The summed E-state index contributed by atoms with van der Waals surface area (Å²) in [5.41, 5.74) is -4.40. The first-order chi connectivity index (χ1) is 26.6. The van der Waals surface area contributed by atoms with Gasteiger partial charge < -0.3 is 24.8 Å². The van der Waals surface area contributed by atoms with Crippen LogP contribution in [-0.4, -0.2) is 73.4 Å². The van der Waals surface area contributed by atoms with Gasteiger partial charge in [0.05, 0.1) is 52.1 Å². The van der Waals surface area contributed by atoms with Gasteiger partial charge in [0.2, 0.25) is 17.6 Å². The number of hydrogen-bond donors (Lipinski definition) is 2. The normalized spacial score (nSPS) is 21.3. The Hall–Kier alpha value is -4.57. The van der Waals surface area contributed by atoms with Crippen LogP contribution in [0.25, 0.3) is 11.1 Å². The molecule has 4 heterocycles. The van der Waals surface area contributed by atoms with E-state index in [-0.39, 0.29) is 61.2 Å². The van der Waals surface area contributed by atoms with Crippen LogP contribution in [0.15, 0.2) is 27.8 Å². The summed E-state index contributed by atoms with van der Waals surface area (Å²) in [6, 6.07) is 3.09. The van der Waals surface area contributed by atoms with Gasteiger partial charge in [0.1, 0.15) is 17.1 Å². The van der Waals surface area contributed by atoms with E-state index in [1.165, 1.54) is 4.68 Å². The summed E-state index contributed by atoms with van der Waals surface area (Å²) >= 11 is 3.66. The summed E-state index contributed by atoms with van der Waals surface area (Å²) in [5, 5.41) is 13.6. The average molecular weight is 881 g/mol. The number of aromatic nitrogens is 4. The second-order valence-corrected chi connectivity index (χ2v) is 15.2. The van der Waals surface area contributed by atoms with Crippen molar-refractivity contribution in [3.05, 3.63) is 86.7 Å². The van der Waals surface area contributed by atoms with Crippen molar-refractivity contribution in [3.8, 4) is 11.1 Å². The van der Waals surface area contributed by atoms with E-state index >= 15 is 0 Å². The minimum Gasteiger partial charge on any atom is -0.355 e. The predicted octanol–water partition coefficient (Wildman–Crippen LogP) is 5.90. The van der Waals surface area contributed by atoms with Gasteiger partial charge in [-0.15, -0.1) is 16.9 Å². The van der Waals surface area contributed by atoms with Crippen molar-refractivity contribution in [3.63, 3.8) is 0 Å². The number of nitrogens with one attached hydrogen (secondary N) is 2. The maximum absolute atomic E-state index is 14.8. The van der Waals surface area contributed by atoms with Gasteiger partial charge in [-0.25, -0.2) is 39.5 Å². The molecule has 0 radical (unpaired) electrons. The zero-order chi connectivity index (χ0) is 40.4. The number of halogens is 10. The predicted molar refractivity (Wildman–Crippen MR) is 180 cm³/mol. The van der Waals surface area contributed by atoms with E-state index in [0.717, 1.165) is 4.60 Å². The lowest BCUT2D eigenvalue weighted by molar-refractivity contribution is -0.162. The molecule has 3 aliphatic rings. The van der Waals surface area contributed by atoms with Gasteiger partial charge in [0.25, 0.3) is 5.91 Å². The van der Waals surface area contributed by atoms with Crippen molar-refractivity contribution in [1.29, 1.82) is 0 Å². The highest BCUT2D eigenvalue weighted by Crippen LogP contribution is 2.54. The van der Waals surface area contributed by atoms with Gasteiger partial charge >= 0.3 is 0 Å². The standard InChI is InChI=1S/C34H27BrF9N7O4S/c1-49-19(53)9-14-31-16(51-15(33(54)46-31)3-4-17(51)35)10-34(14,49)55-7-2-6-50-12-13(47-48-50)11-45-18(52)5-8-56-32-29(43)24(38)21(25(39)30(32)44)20-22(36)26(40)28(42)27(41)23(20)37/h3-4,12,14,16,31H,2,5-11H2,1H3,(H,45,52)(H,46,54)/t14-,16+,31-,34-/m0/s1. The van der Waals surface area contributed by atoms with Crippen LogP contribution in [0.3, 0.4) is 0 Å². The summed E-state index contributed by atoms with van der Waals surface area (Å²) in [7, 11) is 1.69. The Labute approximate surface area is 323 Å². The summed E-state index contributed by atoms with van der Waals surface area (Å²) in [4.78, 5) is 38.3. The van der Waals surface area contributed by atoms with Crippen LogP contribution < -0.4 is 10.6 Å². The molecule has 298 valence electrons. The molecule has 2 aromatic carbocycles. The van der Waals surface area contributed by atoms with Crippen LogP contribution in [0, 0.1) is 58.3 Å². The van der Waals surface area contributed by atoms with Gasteiger partial charge in [-0.05, 0) is 34.5 Å². The topological polar surface area (TPSA) is 123 Å². The number of carbonyl (C=O) groups is 3. The fourth-order valence-electron chi connectivity index (χ4n) is 7.53. The smallest absolute Gasteiger partial charge is 0.268 e. The summed E-state index contributed by atoms with van der Waals surface area (Å²) in [6.07, 6.45) is 2.25. The molecule has 4 aromatic rings. The Bertz CT molecular complexity index is 2240.